The number of hydrogen-bond donors (Lipinski definition) is 0. The molecule has 0 saturated heterocycles. The highest BCUT2D eigenvalue weighted by molar-refractivity contribution is 6.04. The maximum Gasteiger partial charge on any atom is 0.251 e. The lowest BCUT2D eigenvalue weighted by molar-refractivity contribution is -0.00455. The second-order valence-electron chi connectivity index (χ2n) is 7.82. The van der Waals surface area contributed by atoms with Gasteiger partial charge in [-0.05, 0) is 48.5 Å². The number of ether oxygens (including phenoxy) is 4. The SMILES string of the molecule is COc1ccc(C(=O)[C@H]2Oc3ccccc3[C@@H]3CC(c4ccc(OC)c(OC)c4)=NN23)cc1. The van der Waals surface area contributed by atoms with Crippen molar-refractivity contribution in [3.63, 3.8) is 0 Å². The third-order valence-electron chi connectivity index (χ3n) is 6.01. The van der Waals surface area contributed by atoms with Crippen LogP contribution in [0.2, 0.25) is 0 Å². The molecule has 7 heteroatoms. The van der Waals surface area contributed by atoms with Crippen LogP contribution in [0.4, 0.5) is 0 Å². The van der Waals surface area contributed by atoms with E-state index in [1.54, 1.807) is 50.6 Å². The number of Topliss-reactive ketones (excluding diaryl/α,β-unsaturated/α-hetero) is 1. The minimum absolute atomic E-state index is 0.106. The first kappa shape index (κ1) is 20.9. The van der Waals surface area contributed by atoms with Crippen LogP contribution in [0.25, 0.3) is 0 Å². The summed E-state index contributed by atoms with van der Waals surface area (Å²) in [7, 11) is 4.81. The molecule has 0 fully saturated rings. The maximum atomic E-state index is 13.5. The van der Waals surface area contributed by atoms with E-state index in [1.807, 2.05) is 42.5 Å². The van der Waals surface area contributed by atoms with Crippen LogP contribution < -0.4 is 18.9 Å². The van der Waals surface area contributed by atoms with E-state index in [9.17, 15) is 4.79 Å². The van der Waals surface area contributed by atoms with E-state index in [0.29, 0.717) is 35.0 Å². The molecule has 0 spiro atoms. The van der Waals surface area contributed by atoms with Crippen molar-refractivity contribution in [1.29, 1.82) is 0 Å². The number of hydrazone groups is 1. The molecule has 2 aliphatic heterocycles. The molecule has 0 unspecified atom stereocenters. The Balaban J connectivity index is 1.53. The molecule has 33 heavy (non-hydrogen) atoms. The van der Waals surface area contributed by atoms with Crippen LogP contribution >= 0.6 is 0 Å². The van der Waals surface area contributed by atoms with Gasteiger partial charge in [0, 0.05) is 23.1 Å². The van der Waals surface area contributed by atoms with Gasteiger partial charge in [0.1, 0.15) is 11.5 Å². The van der Waals surface area contributed by atoms with Gasteiger partial charge < -0.3 is 18.9 Å². The minimum atomic E-state index is -0.865. The van der Waals surface area contributed by atoms with E-state index in [1.165, 1.54) is 0 Å². The van der Waals surface area contributed by atoms with Crippen molar-refractivity contribution in [3.05, 3.63) is 83.4 Å². The van der Waals surface area contributed by atoms with Gasteiger partial charge >= 0.3 is 0 Å². The molecule has 2 heterocycles. The Morgan fingerprint density at radius 2 is 1.70 bits per heavy atom. The van der Waals surface area contributed by atoms with Crippen LogP contribution in [0, 0.1) is 0 Å². The van der Waals surface area contributed by atoms with Crippen molar-refractivity contribution in [2.45, 2.75) is 18.7 Å². The highest BCUT2D eigenvalue weighted by atomic mass is 16.5. The molecule has 0 amide bonds. The molecular weight excluding hydrogens is 420 g/mol. The van der Waals surface area contributed by atoms with Crippen molar-refractivity contribution in [2.75, 3.05) is 21.3 Å². The third kappa shape index (κ3) is 3.65. The van der Waals surface area contributed by atoms with Gasteiger partial charge in [0.25, 0.3) is 6.23 Å². The lowest BCUT2D eigenvalue weighted by Crippen LogP contribution is -2.45. The first-order valence-electron chi connectivity index (χ1n) is 10.6. The molecule has 3 aromatic rings. The number of benzene rings is 3. The number of hydrogen-bond acceptors (Lipinski definition) is 7. The molecular formula is C26H24N2O5. The fourth-order valence-electron chi connectivity index (χ4n) is 4.30. The van der Waals surface area contributed by atoms with Crippen LogP contribution in [0.15, 0.2) is 71.8 Å². The van der Waals surface area contributed by atoms with Crippen molar-refractivity contribution in [2.24, 2.45) is 5.10 Å². The molecule has 0 aliphatic carbocycles. The molecule has 0 radical (unpaired) electrons. The first-order valence-corrected chi connectivity index (χ1v) is 10.6. The van der Waals surface area contributed by atoms with Crippen LogP contribution in [0.1, 0.15) is 33.9 Å². The number of fused-ring (bicyclic) bond motifs is 3. The Bertz CT molecular complexity index is 1220. The normalized spacial score (nSPS) is 18.5. The lowest BCUT2D eigenvalue weighted by Gasteiger charge is -2.37. The van der Waals surface area contributed by atoms with E-state index >= 15 is 0 Å². The summed E-state index contributed by atoms with van der Waals surface area (Å²) < 4.78 is 22.2. The number of carbonyl (C=O) groups excluding carboxylic acids is 1. The molecule has 3 aromatic carbocycles. The highest BCUT2D eigenvalue weighted by Crippen LogP contribution is 2.44. The predicted molar refractivity (Wildman–Crippen MR) is 123 cm³/mol. The van der Waals surface area contributed by atoms with Crippen molar-refractivity contribution in [3.8, 4) is 23.0 Å². The second kappa shape index (κ2) is 8.50. The molecule has 0 N–H and O–H groups in total. The number of carbonyl (C=O) groups is 1. The monoisotopic (exact) mass is 444 g/mol. The van der Waals surface area contributed by atoms with Gasteiger partial charge in [0.15, 0.2) is 11.5 Å². The zero-order valence-corrected chi connectivity index (χ0v) is 18.6. The van der Waals surface area contributed by atoms with E-state index < -0.39 is 6.23 Å². The molecule has 7 nitrogen and oxygen atoms in total. The summed E-state index contributed by atoms with van der Waals surface area (Å²) in [6.07, 6.45) is -0.224. The fourth-order valence-corrected chi connectivity index (χ4v) is 4.30. The number of para-hydroxylation sites is 1. The summed E-state index contributed by atoms with van der Waals surface area (Å²) in [6.45, 7) is 0. The van der Waals surface area contributed by atoms with E-state index in [0.717, 1.165) is 16.8 Å². The topological polar surface area (TPSA) is 69.6 Å². The van der Waals surface area contributed by atoms with Crippen LogP contribution in [0.3, 0.4) is 0 Å². The molecule has 5 rings (SSSR count). The van der Waals surface area contributed by atoms with Crippen molar-refractivity contribution in [1.82, 2.24) is 5.01 Å². The number of ketones is 1. The lowest BCUT2D eigenvalue weighted by atomic mass is 9.95. The number of nitrogens with zero attached hydrogens (tertiary/aromatic N) is 2. The quantitative estimate of drug-likeness (QED) is 0.523. The summed E-state index contributed by atoms with van der Waals surface area (Å²) in [5.74, 6) is 2.52. The second-order valence-corrected chi connectivity index (χ2v) is 7.82. The summed E-state index contributed by atoms with van der Waals surface area (Å²) in [4.78, 5) is 13.5. The average molecular weight is 444 g/mol. The van der Waals surface area contributed by atoms with Gasteiger partial charge in [-0.3, -0.25) is 4.79 Å². The van der Waals surface area contributed by atoms with Crippen molar-refractivity contribution >= 4 is 11.5 Å². The minimum Gasteiger partial charge on any atom is -0.497 e. The zero-order valence-electron chi connectivity index (χ0n) is 18.6. The van der Waals surface area contributed by atoms with Gasteiger partial charge in [-0.2, -0.15) is 5.10 Å². The molecule has 0 saturated carbocycles. The standard InChI is InChI=1S/C26H24N2O5/c1-30-18-11-8-16(9-12-18)25(29)26-28-21(19-6-4-5-7-22(19)33-26)15-20(27-28)17-10-13-23(31-2)24(14-17)32-3/h4-14,21,26H,15H2,1-3H3/t21-,26+/m0/s1. The fraction of sp³-hybridized carbons (Fsp3) is 0.231. The number of methoxy groups -OCH3 is 3. The summed E-state index contributed by atoms with van der Waals surface area (Å²) in [5, 5.41) is 6.63. The number of rotatable bonds is 6. The largest absolute Gasteiger partial charge is 0.497 e. The maximum absolute atomic E-state index is 13.5. The summed E-state index contributed by atoms with van der Waals surface area (Å²) in [5.41, 5.74) is 3.31. The van der Waals surface area contributed by atoms with Gasteiger partial charge in [-0.15, -0.1) is 0 Å². The van der Waals surface area contributed by atoms with Gasteiger partial charge in [-0.1, -0.05) is 18.2 Å². The molecule has 0 bridgehead atoms. The third-order valence-corrected chi connectivity index (χ3v) is 6.01. The Kier molecular flexibility index (Phi) is 5.38. The molecule has 2 aliphatic rings. The van der Waals surface area contributed by atoms with Crippen LogP contribution in [0.5, 0.6) is 23.0 Å². The summed E-state index contributed by atoms with van der Waals surface area (Å²) in [6, 6.07) is 20.4. The van der Waals surface area contributed by atoms with E-state index in [4.69, 9.17) is 24.0 Å². The first-order chi connectivity index (χ1) is 16.1. The Hall–Kier alpha value is -4.00. The molecule has 2 atom stereocenters. The Labute approximate surface area is 192 Å². The van der Waals surface area contributed by atoms with Gasteiger partial charge in [0.05, 0.1) is 33.1 Å². The Morgan fingerprint density at radius 3 is 2.42 bits per heavy atom. The molecule has 168 valence electrons. The van der Waals surface area contributed by atoms with Gasteiger partial charge in [-0.25, -0.2) is 5.01 Å². The van der Waals surface area contributed by atoms with E-state index in [2.05, 4.69) is 0 Å². The van der Waals surface area contributed by atoms with Crippen molar-refractivity contribution < 1.29 is 23.7 Å². The average Bonchev–Trinajstić information content (AvgIpc) is 3.33. The smallest absolute Gasteiger partial charge is 0.251 e. The molecule has 0 aromatic heterocycles. The van der Waals surface area contributed by atoms with E-state index in [-0.39, 0.29) is 11.8 Å². The summed E-state index contributed by atoms with van der Waals surface area (Å²) >= 11 is 0. The highest BCUT2D eigenvalue weighted by Gasteiger charge is 2.43. The zero-order chi connectivity index (χ0) is 22.9. The van der Waals surface area contributed by atoms with Gasteiger partial charge in [0.2, 0.25) is 5.78 Å². The Morgan fingerprint density at radius 1 is 0.939 bits per heavy atom. The predicted octanol–water partition coefficient (Wildman–Crippen LogP) is 4.46. The van der Waals surface area contributed by atoms with Crippen LogP contribution in [-0.2, 0) is 0 Å². The van der Waals surface area contributed by atoms with Crippen LogP contribution in [-0.4, -0.2) is 44.1 Å².